The predicted molar refractivity (Wildman–Crippen MR) is 86.8 cm³/mol. The van der Waals surface area contributed by atoms with Crippen LogP contribution in [-0.2, 0) is 0 Å². The minimum atomic E-state index is 0.105. The Morgan fingerprint density at radius 3 is 2.62 bits per heavy atom. The number of pyridine rings is 1. The average Bonchev–Trinajstić information content (AvgIpc) is 2.52. The Kier molecular flexibility index (Phi) is 5.34. The zero-order valence-electron chi connectivity index (χ0n) is 13.3. The molecule has 2 aromatic rings. The van der Waals surface area contributed by atoms with E-state index in [-0.39, 0.29) is 6.04 Å². The van der Waals surface area contributed by atoms with Gasteiger partial charge in [0.1, 0.15) is 0 Å². The first-order valence-corrected chi connectivity index (χ1v) is 7.47. The molecule has 0 amide bonds. The number of nitrogens with one attached hydrogen (secondary N) is 1. The second-order valence-corrected chi connectivity index (χ2v) is 5.28. The largest absolute Gasteiger partial charge is 0.481 e. The highest BCUT2D eigenvalue weighted by molar-refractivity contribution is 5.43. The van der Waals surface area contributed by atoms with Crippen molar-refractivity contribution in [1.29, 1.82) is 0 Å². The number of methoxy groups -OCH3 is 1. The molecule has 1 aromatic carbocycles. The quantitative estimate of drug-likeness (QED) is 0.876. The first-order valence-electron chi connectivity index (χ1n) is 7.47. The number of rotatable bonds is 6. The fourth-order valence-corrected chi connectivity index (χ4v) is 2.56. The van der Waals surface area contributed by atoms with Gasteiger partial charge in [-0.3, -0.25) is 0 Å². The number of ether oxygens (including phenoxy) is 1. The van der Waals surface area contributed by atoms with Gasteiger partial charge in [-0.1, -0.05) is 31.2 Å². The molecule has 1 heterocycles. The average molecular weight is 284 g/mol. The monoisotopic (exact) mass is 284 g/mol. The molecule has 3 heteroatoms. The van der Waals surface area contributed by atoms with Crippen molar-refractivity contribution in [1.82, 2.24) is 10.3 Å². The maximum Gasteiger partial charge on any atom is 0.218 e. The van der Waals surface area contributed by atoms with Crippen molar-refractivity contribution >= 4 is 0 Å². The lowest BCUT2D eigenvalue weighted by Gasteiger charge is -2.23. The van der Waals surface area contributed by atoms with E-state index in [1.54, 1.807) is 13.3 Å². The van der Waals surface area contributed by atoms with Crippen LogP contribution in [-0.4, -0.2) is 18.6 Å². The lowest BCUT2D eigenvalue weighted by Crippen LogP contribution is -2.24. The van der Waals surface area contributed by atoms with Gasteiger partial charge >= 0.3 is 0 Å². The van der Waals surface area contributed by atoms with Gasteiger partial charge in [0.25, 0.3) is 0 Å². The Bertz CT molecular complexity index is 596. The van der Waals surface area contributed by atoms with Gasteiger partial charge < -0.3 is 10.1 Å². The SMILES string of the molecule is CCCNC(c1cccnc1OC)c1cccc(C)c1C. The predicted octanol–water partition coefficient (Wildman–Crippen LogP) is 3.80. The molecule has 0 saturated carbocycles. The van der Waals surface area contributed by atoms with Gasteiger partial charge in [0, 0.05) is 11.8 Å². The van der Waals surface area contributed by atoms with Crippen LogP contribution in [0.2, 0.25) is 0 Å². The summed E-state index contributed by atoms with van der Waals surface area (Å²) in [5.74, 6) is 0.687. The lowest BCUT2D eigenvalue weighted by atomic mass is 9.93. The first-order chi connectivity index (χ1) is 10.2. The van der Waals surface area contributed by atoms with Gasteiger partial charge in [-0.25, -0.2) is 4.98 Å². The van der Waals surface area contributed by atoms with Crippen molar-refractivity contribution in [3.63, 3.8) is 0 Å². The van der Waals surface area contributed by atoms with E-state index in [9.17, 15) is 0 Å². The zero-order valence-corrected chi connectivity index (χ0v) is 13.3. The Balaban J connectivity index is 2.50. The number of aromatic nitrogens is 1. The third-order valence-corrected chi connectivity index (χ3v) is 3.86. The van der Waals surface area contributed by atoms with Crippen molar-refractivity contribution in [2.75, 3.05) is 13.7 Å². The highest BCUT2D eigenvalue weighted by Gasteiger charge is 2.20. The molecule has 0 fully saturated rings. The zero-order chi connectivity index (χ0) is 15.2. The van der Waals surface area contributed by atoms with Crippen LogP contribution in [0, 0.1) is 13.8 Å². The van der Waals surface area contributed by atoms with Gasteiger partial charge in [0.15, 0.2) is 0 Å². The van der Waals surface area contributed by atoms with Crippen LogP contribution in [0.5, 0.6) is 5.88 Å². The van der Waals surface area contributed by atoms with E-state index in [1.807, 2.05) is 6.07 Å². The minimum absolute atomic E-state index is 0.105. The van der Waals surface area contributed by atoms with Crippen molar-refractivity contribution in [2.45, 2.75) is 33.2 Å². The molecule has 0 spiro atoms. The highest BCUT2D eigenvalue weighted by atomic mass is 16.5. The first kappa shape index (κ1) is 15.5. The summed E-state index contributed by atoms with van der Waals surface area (Å²) in [6.45, 7) is 7.45. The summed E-state index contributed by atoms with van der Waals surface area (Å²) < 4.78 is 5.45. The highest BCUT2D eigenvalue weighted by Crippen LogP contribution is 2.31. The Hall–Kier alpha value is -1.87. The molecule has 0 radical (unpaired) electrons. The summed E-state index contributed by atoms with van der Waals surface area (Å²) in [7, 11) is 1.67. The normalized spacial score (nSPS) is 12.2. The van der Waals surface area contributed by atoms with E-state index in [4.69, 9.17) is 4.74 Å². The van der Waals surface area contributed by atoms with Crippen LogP contribution in [0.4, 0.5) is 0 Å². The second-order valence-electron chi connectivity index (χ2n) is 5.28. The molecule has 2 rings (SSSR count). The topological polar surface area (TPSA) is 34.2 Å². The fraction of sp³-hybridized carbons (Fsp3) is 0.389. The van der Waals surface area contributed by atoms with Crippen LogP contribution in [0.1, 0.15) is 41.6 Å². The number of hydrogen-bond acceptors (Lipinski definition) is 3. The van der Waals surface area contributed by atoms with Crippen LogP contribution in [0.25, 0.3) is 0 Å². The van der Waals surface area contributed by atoms with Crippen LogP contribution < -0.4 is 10.1 Å². The minimum Gasteiger partial charge on any atom is -0.481 e. The van der Waals surface area contributed by atoms with E-state index >= 15 is 0 Å². The lowest BCUT2D eigenvalue weighted by molar-refractivity contribution is 0.386. The molecule has 1 N–H and O–H groups in total. The molecule has 0 aliphatic rings. The smallest absolute Gasteiger partial charge is 0.218 e. The van der Waals surface area contributed by atoms with E-state index in [0.29, 0.717) is 5.88 Å². The molecule has 21 heavy (non-hydrogen) atoms. The molecular formula is C18H24N2O. The van der Waals surface area contributed by atoms with E-state index < -0.39 is 0 Å². The molecule has 0 aliphatic heterocycles. The third-order valence-electron chi connectivity index (χ3n) is 3.86. The summed E-state index contributed by atoms with van der Waals surface area (Å²) in [6.07, 6.45) is 2.85. The molecular weight excluding hydrogens is 260 g/mol. The van der Waals surface area contributed by atoms with Crippen LogP contribution in [0.3, 0.4) is 0 Å². The van der Waals surface area contributed by atoms with E-state index in [0.717, 1.165) is 18.5 Å². The Labute approximate surface area is 127 Å². The van der Waals surface area contributed by atoms with Crippen LogP contribution in [0.15, 0.2) is 36.5 Å². The summed E-state index contributed by atoms with van der Waals surface area (Å²) in [6, 6.07) is 10.6. The van der Waals surface area contributed by atoms with Gasteiger partial charge in [-0.2, -0.15) is 0 Å². The number of aryl methyl sites for hydroxylation is 1. The Morgan fingerprint density at radius 1 is 1.14 bits per heavy atom. The maximum absolute atomic E-state index is 5.45. The molecule has 0 aliphatic carbocycles. The van der Waals surface area contributed by atoms with Gasteiger partial charge in [-0.05, 0) is 49.6 Å². The van der Waals surface area contributed by atoms with Crippen LogP contribution >= 0.6 is 0 Å². The number of nitrogens with zero attached hydrogens (tertiary/aromatic N) is 1. The van der Waals surface area contributed by atoms with Gasteiger partial charge in [0.2, 0.25) is 5.88 Å². The number of benzene rings is 1. The summed E-state index contributed by atoms with van der Waals surface area (Å²) in [5, 5.41) is 3.62. The molecule has 0 saturated heterocycles. The third kappa shape index (κ3) is 3.42. The van der Waals surface area contributed by atoms with Crippen molar-refractivity contribution < 1.29 is 4.74 Å². The summed E-state index contributed by atoms with van der Waals surface area (Å²) >= 11 is 0. The molecule has 1 aromatic heterocycles. The molecule has 1 atom stereocenters. The summed E-state index contributed by atoms with van der Waals surface area (Å²) in [5.41, 5.74) is 4.99. The van der Waals surface area contributed by atoms with Crippen molar-refractivity contribution in [2.24, 2.45) is 0 Å². The molecule has 112 valence electrons. The molecule has 0 bridgehead atoms. The standard InChI is InChI=1S/C18H24N2O/c1-5-11-19-17(15-9-6-8-13(2)14(15)3)16-10-7-12-20-18(16)21-4/h6-10,12,17,19H,5,11H2,1-4H3. The second kappa shape index (κ2) is 7.23. The summed E-state index contributed by atoms with van der Waals surface area (Å²) in [4.78, 5) is 4.34. The molecule has 3 nitrogen and oxygen atoms in total. The van der Waals surface area contributed by atoms with Gasteiger partial charge in [-0.15, -0.1) is 0 Å². The fourth-order valence-electron chi connectivity index (χ4n) is 2.56. The maximum atomic E-state index is 5.45. The molecule has 1 unspecified atom stereocenters. The van der Waals surface area contributed by atoms with Crippen molar-refractivity contribution in [3.05, 3.63) is 58.8 Å². The van der Waals surface area contributed by atoms with Gasteiger partial charge in [0.05, 0.1) is 13.2 Å². The van der Waals surface area contributed by atoms with E-state index in [1.165, 1.54) is 16.7 Å². The van der Waals surface area contributed by atoms with Crippen molar-refractivity contribution in [3.8, 4) is 5.88 Å². The Morgan fingerprint density at radius 2 is 1.90 bits per heavy atom. The van der Waals surface area contributed by atoms with E-state index in [2.05, 4.69) is 55.3 Å². The number of hydrogen-bond donors (Lipinski definition) is 1.